The van der Waals surface area contributed by atoms with Crippen molar-refractivity contribution in [3.05, 3.63) is 70.4 Å². The van der Waals surface area contributed by atoms with Crippen molar-refractivity contribution in [3.8, 4) is 0 Å². The zero-order valence-corrected chi connectivity index (χ0v) is 15.8. The standard InChI is InChI=1S/C18H14ClF2N7O/c1-10-6-14(15(20)21)28-16(24-10)13(7-23-28)17(29)25-18-22-9-27(26-18)8-11-2-4-12(19)5-3-11/h2-7,9,15H,8H2,1H3,(H,25,26,29). The van der Waals surface area contributed by atoms with Crippen LogP contribution in [-0.4, -0.2) is 35.3 Å². The molecule has 0 aliphatic heterocycles. The predicted octanol–water partition coefficient (Wildman–Crippen LogP) is 3.52. The van der Waals surface area contributed by atoms with Crippen molar-refractivity contribution in [2.24, 2.45) is 0 Å². The highest BCUT2D eigenvalue weighted by Gasteiger charge is 2.21. The average molecular weight is 418 g/mol. The maximum absolute atomic E-state index is 13.2. The highest BCUT2D eigenvalue weighted by molar-refractivity contribution is 6.30. The van der Waals surface area contributed by atoms with Gasteiger partial charge in [0.05, 0.1) is 12.7 Å². The Morgan fingerprint density at radius 1 is 1.28 bits per heavy atom. The monoisotopic (exact) mass is 417 g/mol. The Bertz CT molecular complexity index is 1190. The second-order valence-electron chi connectivity index (χ2n) is 6.26. The van der Waals surface area contributed by atoms with Gasteiger partial charge in [0.2, 0.25) is 5.95 Å². The maximum Gasteiger partial charge on any atom is 0.280 e. The third-order valence-electron chi connectivity index (χ3n) is 4.12. The van der Waals surface area contributed by atoms with E-state index in [4.69, 9.17) is 11.6 Å². The lowest BCUT2D eigenvalue weighted by Crippen LogP contribution is -2.14. The number of benzene rings is 1. The minimum Gasteiger partial charge on any atom is -0.289 e. The summed E-state index contributed by atoms with van der Waals surface area (Å²) in [5, 5.41) is 11.2. The van der Waals surface area contributed by atoms with E-state index in [2.05, 4.69) is 25.5 Å². The minimum absolute atomic E-state index is 0.0402. The van der Waals surface area contributed by atoms with Gasteiger partial charge in [0, 0.05) is 10.7 Å². The van der Waals surface area contributed by atoms with Gasteiger partial charge in [-0.25, -0.2) is 27.9 Å². The van der Waals surface area contributed by atoms with Crippen LogP contribution in [0.25, 0.3) is 5.65 Å². The SMILES string of the molecule is Cc1cc(C(F)F)n2ncc(C(=O)Nc3ncn(Cc4ccc(Cl)cc4)n3)c2n1. The summed E-state index contributed by atoms with van der Waals surface area (Å²) < 4.78 is 28.9. The molecule has 0 aliphatic rings. The van der Waals surface area contributed by atoms with Gasteiger partial charge in [-0.05, 0) is 30.7 Å². The molecule has 0 spiro atoms. The van der Waals surface area contributed by atoms with Crippen LogP contribution < -0.4 is 5.32 Å². The molecular formula is C18H14ClF2N7O. The van der Waals surface area contributed by atoms with Gasteiger partial charge in [-0.15, -0.1) is 5.10 Å². The van der Waals surface area contributed by atoms with Crippen LogP contribution >= 0.6 is 11.6 Å². The Hall–Kier alpha value is -3.40. The smallest absolute Gasteiger partial charge is 0.280 e. The number of nitrogens with one attached hydrogen (secondary N) is 1. The number of alkyl halides is 2. The fraction of sp³-hybridized carbons (Fsp3) is 0.167. The summed E-state index contributed by atoms with van der Waals surface area (Å²) in [6, 6.07) is 8.48. The highest BCUT2D eigenvalue weighted by atomic mass is 35.5. The lowest BCUT2D eigenvalue weighted by molar-refractivity contribution is 0.102. The molecule has 148 valence electrons. The molecule has 4 aromatic rings. The van der Waals surface area contributed by atoms with Crippen molar-refractivity contribution in [1.29, 1.82) is 0 Å². The lowest BCUT2D eigenvalue weighted by Gasteiger charge is -2.05. The molecule has 1 N–H and O–H groups in total. The van der Waals surface area contributed by atoms with Crippen LogP contribution in [0.5, 0.6) is 0 Å². The first-order valence-corrected chi connectivity index (χ1v) is 8.87. The molecular weight excluding hydrogens is 404 g/mol. The highest BCUT2D eigenvalue weighted by Crippen LogP contribution is 2.22. The van der Waals surface area contributed by atoms with Gasteiger partial charge < -0.3 is 0 Å². The third kappa shape index (κ3) is 3.92. The van der Waals surface area contributed by atoms with Gasteiger partial charge in [0.1, 0.15) is 17.6 Å². The van der Waals surface area contributed by atoms with Crippen LogP contribution in [0.2, 0.25) is 5.02 Å². The van der Waals surface area contributed by atoms with E-state index < -0.39 is 12.3 Å². The van der Waals surface area contributed by atoms with Crippen molar-refractivity contribution in [1.82, 2.24) is 29.4 Å². The lowest BCUT2D eigenvalue weighted by atomic mass is 10.2. The molecule has 0 fully saturated rings. The number of amides is 1. The average Bonchev–Trinajstić information content (AvgIpc) is 3.29. The normalized spacial score (nSPS) is 11.3. The summed E-state index contributed by atoms with van der Waals surface area (Å²) >= 11 is 5.87. The molecule has 0 bridgehead atoms. The van der Waals surface area contributed by atoms with Crippen LogP contribution in [0.1, 0.15) is 33.7 Å². The van der Waals surface area contributed by atoms with Crippen molar-refractivity contribution in [2.45, 2.75) is 19.9 Å². The topological polar surface area (TPSA) is 90.0 Å². The molecule has 8 nitrogen and oxygen atoms in total. The third-order valence-corrected chi connectivity index (χ3v) is 4.37. The second kappa shape index (κ2) is 7.55. The summed E-state index contributed by atoms with van der Waals surface area (Å²) in [4.78, 5) is 20.8. The van der Waals surface area contributed by atoms with Crippen molar-refractivity contribution in [3.63, 3.8) is 0 Å². The van der Waals surface area contributed by atoms with E-state index in [9.17, 15) is 13.6 Å². The number of rotatable bonds is 5. The van der Waals surface area contributed by atoms with Gasteiger partial charge in [0.25, 0.3) is 12.3 Å². The zero-order chi connectivity index (χ0) is 20.5. The summed E-state index contributed by atoms with van der Waals surface area (Å²) in [6.07, 6.45) is -0.0917. The molecule has 0 saturated carbocycles. The number of anilines is 1. The number of aryl methyl sites for hydroxylation is 1. The van der Waals surface area contributed by atoms with Crippen molar-refractivity contribution < 1.29 is 13.6 Å². The Kier molecular flexibility index (Phi) is 4.93. The second-order valence-corrected chi connectivity index (χ2v) is 6.70. The molecule has 0 unspecified atom stereocenters. The summed E-state index contributed by atoms with van der Waals surface area (Å²) in [5.41, 5.74) is 1.06. The number of aromatic nitrogens is 6. The Labute approximate surface area is 168 Å². The Morgan fingerprint density at radius 3 is 2.76 bits per heavy atom. The maximum atomic E-state index is 13.2. The van der Waals surface area contributed by atoms with E-state index >= 15 is 0 Å². The Balaban J connectivity index is 1.54. The van der Waals surface area contributed by atoms with Crippen LogP contribution in [0.15, 0.2) is 42.9 Å². The van der Waals surface area contributed by atoms with Crippen LogP contribution in [-0.2, 0) is 6.54 Å². The molecule has 11 heteroatoms. The summed E-state index contributed by atoms with van der Waals surface area (Å²) in [6.45, 7) is 2.01. The molecule has 3 heterocycles. The van der Waals surface area contributed by atoms with E-state index in [0.717, 1.165) is 10.1 Å². The fourth-order valence-electron chi connectivity index (χ4n) is 2.80. The van der Waals surface area contributed by atoms with E-state index in [1.165, 1.54) is 18.6 Å². The van der Waals surface area contributed by atoms with Crippen LogP contribution in [0.4, 0.5) is 14.7 Å². The summed E-state index contributed by atoms with van der Waals surface area (Å²) in [5.74, 6) is -0.521. The molecule has 1 aromatic carbocycles. The van der Waals surface area contributed by atoms with E-state index in [1.54, 1.807) is 23.7 Å². The first-order valence-electron chi connectivity index (χ1n) is 8.49. The van der Waals surface area contributed by atoms with Gasteiger partial charge >= 0.3 is 0 Å². The minimum atomic E-state index is -2.75. The molecule has 3 aromatic heterocycles. The molecule has 1 amide bonds. The fourth-order valence-corrected chi connectivity index (χ4v) is 2.93. The molecule has 0 saturated heterocycles. The molecule has 4 rings (SSSR count). The molecule has 0 aliphatic carbocycles. The number of fused-ring (bicyclic) bond motifs is 1. The quantitative estimate of drug-likeness (QED) is 0.536. The van der Waals surface area contributed by atoms with Crippen molar-refractivity contribution >= 4 is 29.1 Å². The van der Waals surface area contributed by atoms with Gasteiger partial charge in [-0.2, -0.15) is 5.10 Å². The molecule has 0 radical (unpaired) electrons. The number of carbonyl (C=O) groups excluding carboxylic acids is 1. The Morgan fingerprint density at radius 2 is 2.03 bits per heavy atom. The van der Waals surface area contributed by atoms with Gasteiger partial charge in [0.15, 0.2) is 5.65 Å². The molecule has 0 atom stereocenters. The number of nitrogens with zero attached hydrogens (tertiary/aromatic N) is 6. The number of hydrogen-bond donors (Lipinski definition) is 1. The largest absolute Gasteiger partial charge is 0.289 e. The number of hydrogen-bond acceptors (Lipinski definition) is 5. The number of carbonyl (C=O) groups is 1. The van der Waals surface area contributed by atoms with E-state index in [1.807, 2.05) is 12.1 Å². The summed E-state index contributed by atoms with van der Waals surface area (Å²) in [7, 11) is 0. The number of halogens is 3. The molecule has 29 heavy (non-hydrogen) atoms. The first-order chi connectivity index (χ1) is 13.9. The van der Waals surface area contributed by atoms with Crippen LogP contribution in [0.3, 0.4) is 0 Å². The van der Waals surface area contributed by atoms with Gasteiger partial charge in [-0.3, -0.25) is 10.1 Å². The zero-order valence-electron chi connectivity index (χ0n) is 15.1. The first kappa shape index (κ1) is 18.9. The van der Waals surface area contributed by atoms with E-state index in [0.29, 0.717) is 17.3 Å². The predicted molar refractivity (Wildman–Crippen MR) is 101 cm³/mol. The van der Waals surface area contributed by atoms with E-state index in [-0.39, 0.29) is 22.9 Å². The van der Waals surface area contributed by atoms with Gasteiger partial charge in [-0.1, -0.05) is 23.7 Å². The van der Waals surface area contributed by atoms with Crippen molar-refractivity contribution in [2.75, 3.05) is 5.32 Å². The van der Waals surface area contributed by atoms with Crippen LogP contribution in [0, 0.1) is 6.92 Å².